The number of aryl methyl sites for hydroxylation is 2. The normalized spacial score (nSPS) is 12.5. The molecule has 0 saturated carbocycles. The average Bonchev–Trinajstić information content (AvgIpc) is 2.36. The van der Waals surface area contributed by atoms with Crippen LogP contribution in [0.15, 0.2) is 45.3 Å². The lowest BCUT2D eigenvalue weighted by molar-refractivity contribution is 0.631. The van der Waals surface area contributed by atoms with Gasteiger partial charge in [0.2, 0.25) is 0 Å². The summed E-state index contributed by atoms with van der Waals surface area (Å²) in [6.45, 7) is 4.19. The van der Waals surface area contributed by atoms with E-state index in [1.807, 2.05) is 12.1 Å². The fourth-order valence-corrected chi connectivity index (χ4v) is 3.43. The molecule has 0 aliphatic heterocycles. The summed E-state index contributed by atoms with van der Waals surface area (Å²) < 4.78 is 2.07. The van der Waals surface area contributed by atoms with Gasteiger partial charge in [-0.1, -0.05) is 61.7 Å². The fraction of sp³-hybridized carbons (Fsp3) is 0.200. The maximum atomic E-state index is 5.78. The largest absolute Gasteiger partial charge is 0.271 e. The molecular weight excluding hydrogens is 368 g/mol. The van der Waals surface area contributed by atoms with Crippen LogP contribution in [-0.2, 0) is 0 Å². The molecule has 0 aromatic heterocycles. The minimum Gasteiger partial charge on any atom is -0.271 e. The maximum Gasteiger partial charge on any atom is 0.0723 e. The Morgan fingerprint density at radius 2 is 1.74 bits per heavy atom. The first-order valence-corrected chi connectivity index (χ1v) is 7.59. The van der Waals surface area contributed by atoms with Crippen LogP contribution in [0.2, 0.25) is 0 Å². The molecule has 0 saturated heterocycles. The van der Waals surface area contributed by atoms with E-state index in [2.05, 4.69) is 75.4 Å². The lowest BCUT2D eigenvalue weighted by Crippen LogP contribution is -2.29. The Labute approximate surface area is 130 Å². The molecule has 2 aromatic rings. The molecule has 2 aromatic carbocycles. The summed E-state index contributed by atoms with van der Waals surface area (Å²) in [5, 5.41) is 0. The van der Waals surface area contributed by atoms with Crippen LogP contribution < -0.4 is 11.3 Å². The Hall–Kier alpha value is -0.680. The quantitative estimate of drug-likeness (QED) is 0.609. The molecule has 0 radical (unpaired) electrons. The number of nitrogens with two attached hydrogens (primary N) is 1. The van der Waals surface area contributed by atoms with Gasteiger partial charge in [-0.15, -0.1) is 0 Å². The molecule has 1 atom stereocenters. The van der Waals surface area contributed by atoms with Gasteiger partial charge >= 0.3 is 0 Å². The van der Waals surface area contributed by atoms with E-state index in [4.69, 9.17) is 5.84 Å². The van der Waals surface area contributed by atoms with Crippen molar-refractivity contribution in [2.45, 2.75) is 19.9 Å². The van der Waals surface area contributed by atoms with Crippen molar-refractivity contribution in [2.24, 2.45) is 5.84 Å². The zero-order chi connectivity index (χ0) is 14.0. The number of nitrogens with one attached hydrogen (secondary N) is 1. The molecule has 3 N–H and O–H groups in total. The van der Waals surface area contributed by atoms with Crippen molar-refractivity contribution in [3.63, 3.8) is 0 Å². The van der Waals surface area contributed by atoms with Gasteiger partial charge in [-0.3, -0.25) is 5.84 Å². The van der Waals surface area contributed by atoms with Gasteiger partial charge in [0.25, 0.3) is 0 Å². The highest BCUT2D eigenvalue weighted by molar-refractivity contribution is 9.11. The third-order valence-electron chi connectivity index (χ3n) is 3.19. The summed E-state index contributed by atoms with van der Waals surface area (Å²) in [5.74, 6) is 5.78. The van der Waals surface area contributed by atoms with Gasteiger partial charge in [-0.05, 0) is 42.7 Å². The predicted molar refractivity (Wildman–Crippen MR) is 86.9 cm³/mol. The average molecular weight is 384 g/mol. The third kappa shape index (κ3) is 3.26. The van der Waals surface area contributed by atoms with Gasteiger partial charge in [-0.2, -0.15) is 0 Å². The van der Waals surface area contributed by atoms with E-state index in [0.717, 1.165) is 14.5 Å². The van der Waals surface area contributed by atoms with Gasteiger partial charge in [0.15, 0.2) is 0 Å². The zero-order valence-electron chi connectivity index (χ0n) is 10.9. The molecule has 2 nitrogen and oxygen atoms in total. The van der Waals surface area contributed by atoms with E-state index in [-0.39, 0.29) is 6.04 Å². The van der Waals surface area contributed by atoms with E-state index in [9.17, 15) is 0 Å². The van der Waals surface area contributed by atoms with Crippen molar-refractivity contribution in [1.82, 2.24) is 5.43 Å². The molecule has 4 heteroatoms. The number of hydrogen-bond acceptors (Lipinski definition) is 2. The number of halogens is 2. The molecular formula is C15H16Br2N2. The molecule has 0 spiro atoms. The van der Waals surface area contributed by atoms with Crippen molar-refractivity contribution in [3.8, 4) is 0 Å². The maximum absolute atomic E-state index is 5.78. The van der Waals surface area contributed by atoms with Crippen LogP contribution in [0.4, 0.5) is 0 Å². The number of benzene rings is 2. The van der Waals surface area contributed by atoms with Crippen molar-refractivity contribution in [1.29, 1.82) is 0 Å². The first kappa shape index (κ1) is 14.7. The van der Waals surface area contributed by atoms with Gasteiger partial charge in [0.05, 0.1) is 6.04 Å². The number of hydrogen-bond donors (Lipinski definition) is 2. The van der Waals surface area contributed by atoms with Crippen LogP contribution in [0, 0.1) is 13.8 Å². The lowest BCUT2D eigenvalue weighted by atomic mass is 9.94. The van der Waals surface area contributed by atoms with Crippen LogP contribution in [0.1, 0.15) is 28.3 Å². The Kier molecular flexibility index (Phi) is 4.79. The van der Waals surface area contributed by atoms with Crippen molar-refractivity contribution < 1.29 is 0 Å². The van der Waals surface area contributed by atoms with Crippen molar-refractivity contribution in [2.75, 3.05) is 0 Å². The predicted octanol–water partition coefficient (Wildman–Crippen LogP) is 4.38. The molecule has 0 bridgehead atoms. The Morgan fingerprint density at radius 1 is 1.00 bits per heavy atom. The molecule has 0 aliphatic rings. The highest BCUT2D eigenvalue weighted by Gasteiger charge is 2.17. The topological polar surface area (TPSA) is 38.0 Å². The molecule has 0 heterocycles. The van der Waals surface area contributed by atoms with Gasteiger partial charge < -0.3 is 0 Å². The molecule has 19 heavy (non-hydrogen) atoms. The molecule has 0 aliphatic carbocycles. The second-order valence-corrected chi connectivity index (χ2v) is 6.40. The number of rotatable bonds is 3. The summed E-state index contributed by atoms with van der Waals surface area (Å²) in [5.41, 5.74) is 7.70. The fourth-order valence-electron chi connectivity index (χ4n) is 2.15. The van der Waals surface area contributed by atoms with Crippen LogP contribution in [0.25, 0.3) is 0 Å². The highest BCUT2D eigenvalue weighted by Crippen LogP contribution is 2.32. The minimum absolute atomic E-state index is 0.0256. The standard InChI is InChI=1S/C15H16Br2N2/c1-9-3-4-10(2)13(7-9)15(19-18)12-6-5-11(16)8-14(12)17/h3-8,15,19H,18H2,1-2H3. The Morgan fingerprint density at radius 3 is 2.37 bits per heavy atom. The monoisotopic (exact) mass is 382 g/mol. The van der Waals surface area contributed by atoms with Crippen LogP contribution in [0.5, 0.6) is 0 Å². The Balaban J connectivity index is 2.52. The SMILES string of the molecule is Cc1ccc(C)c(C(NN)c2ccc(Br)cc2Br)c1. The Bertz CT molecular complexity index is 597. The van der Waals surface area contributed by atoms with Crippen LogP contribution >= 0.6 is 31.9 Å². The first-order valence-electron chi connectivity index (χ1n) is 6.01. The van der Waals surface area contributed by atoms with E-state index in [1.54, 1.807) is 0 Å². The molecule has 0 fully saturated rings. The molecule has 0 amide bonds. The first-order chi connectivity index (χ1) is 9.02. The molecule has 1 unspecified atom stereocenters. The summed E-state index contributed by atoms with van der Waals surface area (Å²) >= 11 is 7.07. The number of hydrazine groups is 1. The lowest BCUT2D eigenvalue weighted by Gasteiger charge is -2.21. The molecule has 100 valence electrons. The summed E-state index contributed by atoms with van der Waals surface area (Å²) in [6, 6.07) is 12.5. The van der Waals surface area contributed by atoms with Crippen LogP contribution in [0.3, 0.4) is 0 Å². The van der Waals surface area contributed by atoms with Gasteiger partial charge in [0, 0.05) is 8.95 Å². The van der Waals surface area contributed by atoms with E-state index in [0.29, 0.717) is 0 Å². The minimum atomic E-state index is -0.0256. The third-order valence-corrected chi connectivity index (χ3v) is 4.37. The van der Waals surface area contributed by atoms with Crippen molar-refractivity contribution in [3.05, 3.63) is 67.6 Å². The van der Waals surface area contributed by atoms with Crippen molar-refractivity contribution >= 4 is 31.9 Å². The molecule has 2 rings (SSSR count). The summed E-state index contributed by atoms with van der Waals surface area (Å²) in [7, 11) is 0. The smallest absolute Gasteiger partial charge is 0.0723 e. The van der Waals surface area contributed by atoms with E-state index < -0.39 is 0 Å². The zero-order valence-corrected chi connectivity index (χ0v) is 14.0. The van der Waals surface area contributed by atoms with E-state index in [1.165, 1.54) is 16.7 Å². The second-order valence-electron chi connectivity index (χ2n) is 4.63. The summed E-state index contributed by atoms with van der Waals surface area (Å²) in [6.07, 6.45) is 0. The second kappa shape index (κ2) is 6.18. The van der Waals surface area contributed by atoms with Gasteiger partial charge in [0.1, 0.15) is 0 Å². The van der Waals surface area contributed by atoms with Gasteiger partial charge in [-0.25, -0.2) is 5.43 Å². The summed E-state index contributed by atoms with van der Waals surface area (Å²) in [4.78, 5) is 0. The van der Waals surface area contributed by atoms with Crippen LogP contribution in [-0.4, -0.2) is 0 Å². The van der Waals surface area contributed by atoms with E-state index >= 15 is 0 Å². The highest BCUT2D eigenvalue weighted by atomic mass is 79.9.